The molecule has 34 heavy (non-hydrogen) atoms. The van der Waals surface area contributed by atoms with Crippen molar-refractivity contribution in [1.29, 1.82) is 0 Å². The summed E-state index contributed by atoms with van der Waals surface area (Å²) in [6.07, 6.45) is 0. The van der Waals surface area contributed by atoms with Gasteiger partial charge in [-0.05, 0) is 30.3 Å². The van der Waals surface area contributed by atoms with Gasteiger partial charge in [0.25, 0.3) is 5.91 Å². The van der Waals surface area contributed by atoms with Crippen LogP contribution in [0, 0.1) is 0 Å². The van der Waals surface area contributed by atoms with Crippen LogP contribution in [-0.4, -0.2) is 43.3 Å². The van der Waals surface area contributed by atoms with E-state index in [0.717, 1.165) is 0 Å². The Morgan fingerprint density at radius 2 is 1.56 bits per heavy atom. The van der Waals surface area contributed by atoms with Gasteiger partial charge in [-0.2, -0.15) is 0 Å². The lowest BCUT2D eigenvalue weighted by molar-refractivity contribution is -0.119. The van der Waals surface area contributed by atoms with Gasteiger partial charge in [-0.25, -0.2) is 4.79 Å². The minimum atomic E-state index is -0.767. The largest absolute Gasteiger partial charge is 0.486 e. The molecule has 0 bridgehead atoms. The maximum Gasteiger partial charge on any atom is 0.338 e. The van der Waals surface area contributed by atoms with E-state index < -0.39 is 18.5 Å². The Balaban J connectivity index is 1.26. The molecule has 1 N–H and O–H groups in total. The monoisotopic (exact) mass is 477 g/mol. The van der Waals surface area contributed by atoms with Gasteiger partial charge in [0.1, 0.15) is 13.2 Å². The molecule has 0 aromatic heterocycles. The number of anilines is 1. The number of ether oxygens (including phenoxy) is 3. The van der Waals surface area contributed by atoms with E-state index in [9.17, 15) is 19.2 Å². The van der Waals surface area contributed by atoms with Crippen molar-refractivity contribution in [2.45, 2.75) is 0 Å². The van der Waals surface area contributed by atoms with Gasteiger partial charge in [0.15, 0.2) is 29.7 Å². The summed E-state index contributed by atoms with van der Waals surface area (Å²) >= 11 is 6.13. The van der Waals surface area contributed by atoms with Crippen molar-refractivity contribution in [3.8, 4) is 11.5 Å². The van der Waals surface area contributed by atoms with Crippen LogP contribution >= 0.6 is 11.6 Å². The lowest BCUT2D eigenvalue weighted by Crippen LogP contribution is -2.23. The van der Waals surface area contributed by atoms with E-state index in [1.54, 1.807) is 24.3 Å². The van der Waals surface area contributed by atoms with E-state index in [1.165, 1.54) is 30.3 Å². The molecule has 1 aliphatic carbocycles. The molecule has 1 aliphatic heterocycles. The number of nitrogens with one attached hydrogen (secondary N) is 1. The number of esters is 1. The fourth-order valence-corrected chi connectivity index (χ4v) is 4.08. The molecule has 1 amide bonds. The van der Waals surface area contributed by atoms with E-state index in [0.29, 0.717) is 41.5 Å². The zero-order valence-electron chi connectivity index (χ0n) is 17.6. The normalized spacial score (nSPS) is 13.6. The molecule has 0 radical (unpaired) electrons. The zero-order chi connectivity index (χ0) is 23.8. The van der Waals surface area contributed by atoms with Gasteiger partial charge in [0, 0.05) is 27.9 Å². The maximum atomic E-state index is 12.8. The maximum absolute atomic E-state index is 12.8. The highest BCUT2D eigenvalue weighted by molar-refractivity contribution is 6.32. The minimum absolute atomic E-state index is 0.110. The fraction of sp³-hybridized carbons (Fsp3) is 0.120. The highest BCUT2D eigenvalue weighted by Crippen LogP contribution is 2.38. The van der Waals surface area contributed by atoms with Crippen molar-refractivity contribution in [3.63, 3.8) is 0 Å². The van der Waals surface area contributed by atoms with Crippen molar-refractivity contribution in [2.75, 3.05) is 25.1 Å². The average Bonchev–Trinajstić information content (AvgIpc) is 2.86. The summed E-state index contributed by atoms with van der Waals surface area (Å²) in [4.78, 5) is 50.3. The van der Waals surface area contributed by atoms with Crippen LogP contribution < -0.4 is 14.8 Å². The van der Waals surface area contributed by atoms with Crippen molar-refractivity contribution >= 4 is 40.7 Å². The molecular formula is C25H16ClNO7. The number of carbonyl (C=O) groups excluding carboxylic acids is 4. The number of ketones is 2. The number of benzene rings is 3. The van der Waals surface area contributed by atoms with E-state index in [2.05, 4.69) is 5.32 Å². The second-order valence-corrected chi connectivity index (χ2v) is 7.98. The Hall–Kier alpha value is -4.17. The molecule has 8 nitrogen and oxygen atoms in total. The highest BCUT2D eigenvalue weighted by atomic mass is 35.5. The number of hydrogen-bond donors (Lipinski definition) is 1. The molecule has 9 heteroatoms. The van der Waals surface area contributed by atoms with Crippen molar-refractivity contribution in [1.82, 2.24) is 0 Å². The molecule has 1 heterocycles. The number of halogens is 1. The summed E-state index contributed by atoms with van der Waals surface area (Å²) in [5.74, 6) is -1.27. The van der Waals surface area contributed by atoms with Crippen LogP contribution in [0.15, 0.2) is 54.6 Å². The first kappa shape index (κ1) is 21.7. The van der Waals surface area contributed by atoms with Gasteiger partial charge >= 0.3 is 5.97 Å². The highest BCUT2D eigenvalue weighted by Gasteiger charge is 2.29. The summed E-state index contributed by atoms with van der Waals surface area (Å²) in [5.41, 5.74) is 1.53. The molecule has 5 rings (SSSR count). The van der Waals surface area contributed by atoms with Gasteiger partial charge in [-0.3, -0.25) is 14.4 Å². The third-order valence-electron chi connectivity index (χ3n) is 5.38. The van der Waals surface area contributed by atoms with E-state index in [-0.39, 0.29) is 33.3 Å². The lowest BCUT2D eigenvalue weighted by atomic mass is 9.84. The zero-order valence-corrected chi connectivity index (χ0v) is 18.3. The molecule has 0 fully saturated rings. The molecule has 0 spiro atoms. The predicted octanol–water partition coefficient (Wildman–Crippen LogP) is 3.68. The molecule has 0 unspecified atom stereocenters. The molecule has 0 saturated heterocycles. The summed E-state index contributed by atoms with van der Waals surface area (Å²) in [6, 6.07) is 13.8. The molecule has 3 aromatic carbocycles. The Morgan fingerprint density at radius 3 is 2.32 bits per heavy atom. The van der Waals surface area contributed by atoms with Crippen LogP contribution in [0.2, 0.25) is 5.02 Å². The van der Waals surface area contributed by atoms with E-state index in [4.69, 9.17) is 25.8 Å². The summed E-state index contributed by atoms with van der Waals surface area (Å²) in [6.45, 7) is 0.105. The second kappa shape index (κ2) is 8.64. The molecule has 170 valence electrons. The van der Waals surface area contributed by atoms with Gasteiger partial charge in [0.05, 0.1) is 10.6 Å². The van der Waals surface area contributed by atoms with Crippen molar-refractivity contribution in [2.24, 2.45) is 0 Å². The van der Waals surface area contributed by atoms with E-state index >= 15 is 0 Å². The summed E-state index contributed by atoms with van der Waals surface area (Å²) < 4.78 is 15.9. The smallest absolute Gasteiger partial charge is 0.338 e. The first-order valence-electron chi connectivity index (χ1n) is 10.3. The molecule has 2 aliphatic rings. The Kier molecular flexibility index (Phi) is 5.51. The van der Waals surface area contributed by atoms with Crippen LogP contribution in [0.3, 0.4) is 0 Å². The molecule has 0 saturated carbocycles. The number of hydrogen-bond acceptors (Lipinski definition) is 7. The first-order valence-corrected chi connectivity index (χ1v) is 10.7. The Bertz CT molecular complexity index is 1380. The van der Waals surface area contributed by atoms with Crippen LogP contribution in [-0.2, 0) is 9.53 Å². The lowest BCUT2D eigenvalue weighted by Gasteiger charge is -2.20. The standard InChI is InChI=1S/C25H16ClNO7/c26-19-9-13(10-20-24(19)33-8-7-32-20)25(31)34-12-21(28)27-14-5-6-17-18(11-14)23(30)16-4-2-1-3-15(16)22(17)29/h1-6,9-11H,7-8,12H2,(H,27,28). The first-order chi connectivity index (χ1) is 16.4. The summed E-state index contributed by atoms with van der Waals surface area (Å²) in [5, 5.41) is 2.77. The molecular weight excluding hydrogens is 462 g/mol. The van der Waals surface area contributed by atoms with Crippen LogP contribution in [0.4, 0.5) is 5.69 Å². The van der Waals surface area contributed by atoms with Crippen molar-refractivity contribution < 1.29 is 33.4 Å². The van der Waals surface area contributed by atoms with Gasteiger partial charge < -0.3 is 19.5 Å². The Morgan fingerprint density at radius 1 is 0.882 bits per heavy atom. The number of amides is 1. The summed E-state index contributed by atoms with van der Waals surface area (Å²) in [7, 11) is 0. The van der Waals surface area contributed by atoms with Gasteiger partial charge in [-0.1, -0.05) is 35.9 Å². The molecule has 0 atom stereocenters. The number of carbonyl (C=O) groups is 4. The van der Waals surface area contributed by atoms with Gasteiger partial charge in [0.2, 0.25) is 0 Å². The van der Waals surface area contributed by atoms with Gasteiger partial charge in [-0.15, -0.1) is 0 Å². The van der Waals surface area contributed by atoms with Crippen LogP contribution in [0.25, 0.3) is 0 Å². The van der Waals surface area contributed by atoms with E-state index in [1.807, 2.05) is 0 Å². The second-order valence-electron chi connectivity index (χ2n) is 7.57. The number of rotatable bonds is 4. The quantitative estimate of drug-likeness (QED) is 0.446. The third-order valence-corrected chi connectivity index (χ3v) is 5.66. The predicted molar refractivity (Wildman–Crippen MR) is 121 cm³/mol. The fourth-order valence-electron chi connectivity index (χ4n) is 3.82. The Labute approximate surface area is 198 Å². The van der Waals surface area contributed by atoms with Crippen molar-refractivity contribution in [3.05, 3.63) is 87.4 Å². The van der Waals surface area contributed by atoms with Crippen LogP contribution in [0.1, 0.15) is 42.2 Å². The molecule has 3 aromatic rings. The number of fused-ring (bicyclic) bond motifs is 3. The SMILES string of the molecule is O=C(COC(=O)c1cc(Cl)c2c(c1)OCCO2)Nc1ccc2c(c1)C(=O)c1ccccc1C2=O. The third kappa shape index (κ3) is 3.88. The van der Waals surface area contributed by atoms with Crippen LogP contribution in [0.5, 0.6) is 11.5 Å². The minimum Gasteiger partial charge on any atom is -0.486 e. The topological polar surface area (TPSA) is 108 Å². The average molecular weight is 478 g/mol.